The predicted molar refractivity (Wildman–Crippen MR) is 99.1 cm³/mol. The summed E-state index contributed by atoms with van der Waals surface area (Å²) in [5.74, 6) is -0.438. The van der Waals surface area contributed by atoms with Crippen molar-refractivity contribution in [2.24, 2.45) is 0 Å². The summed E-state index contributed by atoms with van der Waals surface area (Å²) in [6, 6.07) is 7.82. The highest BCUT2D eigenvalue weighted by Gasteiger charge is 2.41. The van der Waals surface area contributed by atoms with E-state index in [2.05, 4.69) is 7.05 Å². The second kappa shape index (κ2) is 9.07. The van der Waals surface area contributed by atoms with Crippen molar-refractivity contribution in [3.63, 3.8) is 0 Å². The lowest BCUT2D eigenvalue weighted by molar-refractivity contribution is -0.935. The van der Waals surface area contributed by atoms with E-state index in [4.69, 9.17) is 9.47 Å². The molecule has 0 aliphatic carbocycles. The van der Waals surface area contributed by atoms with Crippen LogP contribution in [0.15, 0.2) is 30.3 Å². The number of hydrogen-bond donors (Lipinski definition) is 1. The van der Waals surface area contributed by atoms with Crippen molar-refractivity contribution in [3.8, 4) is 11.5 Å². The van der Waals surface area contributed by atoms with Gasteiger partial charge >= 0.3 is 0 Å². The standard InChI is InChI=1S/C21H26F2NO3.ClH/c1-24(8-4-10-25)9-7-14-12-19(26-2)20(27-3)13-16(14)21(24)15-5-6-17(22)18(23)11-15;/h5-6,11-13,21,25H,4,7-10H2,1-3H3;1H/q+1;/p-1/t21-,24+;/m0./s1. The number of likely N-dealkylation sites (N-methyl/N-ethyl adjacent to an activating group) is 1. The Labute approximate surface area is 170 Å². The van der Waals surface area contributed by atoms with Crippen molar-refractivity contribution in [2.75, 3.05) is 41.0 Å². The average molecular weight is 414 g/mol. The predicted octanol–water partition coefficient (Wildman–Crippen LogP) is 0.460. The van der Waals surface area contributed by atoms with Gasteiger partial charge in [-0.1, -0.05) is 0 Å². The Hall–Kier alpha value is -1.89. The maximum absolute atomic E-state index is 14.0. The zero-order valence-corrected chi connectivity index (χ0v) is 17.1. The number of aliphatic hydroxyl groups excluding tert-OH is 1. The van der Waals surface area contributed by atoms with E-state index in [0.717, 1.165) is 30.6 Å². The minimum Gasteiger partial charge on any atom is -1.00 e. The SMILES string of the molecule is COc1cc2c(cc1OC)[C@H](c1ccc(F)c(F)c1)[N@+](C)(CCCO)CC2.[Cl-]. The first kappa shape index (κ1) is 22.4. The van der Waals surface area contributed by atoms with Crippen LogP contribution >= 0.6 is 0 Å². The normalized spacial score (nSPS) is 20.9. The van der Waals surface area contributed by atoms with Gasteiger partial charge in [-0.15, -0.1) is 0 Å². The van der Waals surface area contributed by atoms with Crippen LogP contribution in [0, 0.1) is 11.6 Å². The summed E-state index contributed by atoms with van der Waals surface area (Å²) in [6.07, 6.45) is 1.47. The van der Waals surface area contributed by atoms with Gasteiger partial charge in [0.2, 0.25) is 0 Å². The molecule has 0 bridgehead atoms. The van der Waals surface area contributed by atoms with Crippen LogP contribution in [-0.4, -0.2) is 50.6 Å². The first-order chi connectivity index (χ1) is 12.9. The molecule has 0 amide bonds. The van der Waals surface area contributed by atoms with E-state index < -0.39 is 11.6 Å². The molecule has 2 atom stereocenters. The Bertz CT molecular complexity index is 834. The quantitative estimate of drug-likeness (QED) is 0.699. The Morgan fingerprint density at radius 3 is 2.36 bits per heavy atom. The fourth-order valence-electron chi connectivity index (χ4n) is 4.14. The molecule has 2 aromatic carbocycles. The molecule has 28 heavy (non-hydrogen) atoms. The molecule has 0 aromatic heterocycles. The van der Waals surface area contributed by atoms with Gasteiger partial charge in [0.1, 0.15) is 6.04 Å². The fourth-order valence-corrected chi connectivity index (χ4v) is 4.14. The minimum absolute atomic E-state index is 0. The van der Waals surface area contributed by atoms with Crippen LogP contribution in [0.2, 0.25) is 0 Å². The maximum Gasteiger partial charge on any atom is 0.161 e. The third kappa shape index (κ3) is 4.09. The smallest absolute Gasteiger partial charge is 0.161 e. The third-order valence-corrected chi connectivity index (χ3v) is 5.54. The van der Waals surface area contributed by atoms with Crippen LogP contribution in [0.5, 0.6) is 11.5 Å². The Morgan fingerprint density at radius 1 is 1.07 bits per heavy atom. The number of fused-ring (bicyclic) bond motifs is 1. The molecule has 7 heteroatoms. The molecule has 0 saturated heterocycles. The van der Waals surface area contributed by atoms with E-state index in [1.807, 2.05) is 12.1 Å². The van der Waals surface area contributed by atoms with E-state index in [1.54, 1.807) is 20.3 Å². The first-order valence-corrected chi connectivity index (χ1v) is 9.08. The summed E-state index contributed by atoms with van der Waals surface area (Å²) in [5.41, 5.74) is 2.84. The molecule has 0 fully saturated rings. The molecule has 1 aliphatic heterocycles. The molecule has 154 valence electrons. The number of aliphatic hydroxyl groups is 1. The second-order valence-electron chi connectivity index (χ2n) is 7.24. The number of ether oxygens (including phenoxy) is 2. The van der Waals surface area contributed by atoms with Crippen LogP contribution in [0.4, 0.5) is 8.78 Å². The van der Waals surface area contributed by atoms with Gasteiger partial charge in [-0.3, -0.25) is 0 Å². The number of benzene rings is 2. The highest BCUT2D eigenvalue weighted by atomic mass is 35.5. The molecule has 0 saturated carbocycles. The summed E-state index contributed by atoms with van der Waals surface area (Å²) in [7, 11) is 5.28. The summed E-state index contributed by atoms with van der Waals surface area (Å²) in [6.45, 7) is 1.65. The first-order valence-electron chi connectivity index (χ1n) is 9.08. The van der Waals surface area contributed by atoms with E-state index >= 15 is 0 Å². The van der Waals surface area contributed by atoms with Gasteiger partial charge in [0, 0.05) is 30.6 Å². The fraction of sp³-hybridized carbons (Fsp3) is 0.429. The molecule has 0 radical (unpaired) electrons. The van der Waals surface area contributed by atoms with Crippen LogP contribution in [0.3, 0.4) is 0 Å². The zero-order valence-electron chi connectivity index (χ0n) is 16.3. The van der Waals surface area contributed by atoms with Crippen LogP contribution in [0.25, 0.3) is 0 Å². The van der Waals surface area contributed by atoms with E-state index in [1.165, 1.54) is 12.1 Å². The molecule has 0 spiro atoms. The van der Waals surface area contributed by atoms with E-state index in [9.17, 15) is 13.9 Å². The molecule has 1 heterocycles. The highest BCUT2D eigenvalue weighted by Crippen LogP contribution is 2.44. The van der Waals surface area contributed by atoms with Gasteiger partial charge in [-0.2, -0.15) is 0 Å². The van der Waals surface area contributed by atoms with Crippen molar-refractivity contribution in [1.82, 2.24) is 0 Å². The number of halogens is 3. The minimum atomic E-state index is -0.855. The molecular formula is C21H26ClF2NO3. The highest BCUT2D eigenvalue weighted by molar-refractivity contribution is 5.50. The number of quaternary nitrogens is 1. The second-order valence-corrected chi connectivity index (χ2v) is 7.24. The lowest BCUT2D eigenvalue weighted by Crippen LogP contribution is -3.00. The third-order valence-electron chi connectivity index (χ3n) is 5.54. The van der Waals surface area contributed by atoms with Crippen molar-refractivity contribution in [1.29, 1.82) is 0 Å². The van der Waals surface area contributed by atoms with Crippen molar-refractivity contribution >= 4 is 0 Å². The molecule has 2 aromatic rings. The van der Waals surface area contributed by atoms with Gasteiger partial charge in [0.15, 0.2) is 23.1 Å². The summed E-state index contributed by atoms with van der Waals surface area (Å²) in [5, 5.41) is 9.34. The van der Waals surface area contributed by atoms with Crippen molar-refractivity contribution in [3.05, 3.63) is 58.7 Å². The Kier molecular flexibility index (Phi) is 7.26. The molecular weight excluding hydrogens is 388 g/mol. The number of nitrogens with zero attached hydrogens (tertiary/aromatic N) is 1. The van der Waals surface area contributed by atoms with Gasteiger partial charge in [0.25, 0.3) is 0 Å². The topological polar surface area (TPSA) is 38.7 Å². The Morgan fingerprint density at radius 2 is 1.75 bits per heavy atom. The monoisotopic (exact) mass is 413 g/mol. The van der Waals surface area contributed by atoms with E-state index in [-0.39, 0.29) is 25.1 Å². The largest absolute Gasteiger partial charge is 1.00 e. The molecule has 1 N–H and O–H groups in total. The van der Waals surface area contributed by atoms with Gasteiger partial charge < -0.3 is 31.5 Å². The molecule has 4 nitrogen and oxygen atoms in total. The van der Waals surface area contributed by atoms with Crippen LogP contribution < -0.4 is 21.9 Å². The van der Waals surface area contributed by atoms with Crippen LogP contribution in [0.1, 0.15) is 29.2 Å². The van der Waals surface area contributed by atoms with Crippen molar-refractivity contribution < 1.29 is 40.3 Å². The molecule has 0 unspecified atom stereocenters. The summed E-state index contributed by atoms with van der Waals surface area (Å²) < 4.78 is 39.0. The van der Waals surface area contributed by atoms with Crippen LogP contribution in [-0.2, 0) is 6.42 Å². The lowest BCUT2D eigenvalue weighted by atomic mass is 9.85. The van der Waals surface area contributed by atoms with Gasteiger partial charge in [-0.05, 0) is 35.9 Å². The summed E-state index contributed by atoms with van der Waals surface area (Å²) >= 11 is 0. The number of hydrogen-bond acceptors (Lipinski definition) is 3. The molecule has 1 aliphatic rings. The van der Waals surface area contributed by atoms with Gasteiger partial charge in [0.05, 0.1) is 34.4 Å². The number of rotatable bonds is 6. The zero-order chi connectivity index (χ0) is 19.6. The maximum atomic E-state index is 14.0. The lowest BCUT2D eigenvalue weighted by Gasteiger charge is -2.46. The number of methoxy groups -OCH3 is 2. The van der Waals surface area contributed by atoms with E-state index in [0.29, 0.717) is 28.0 Å². The average Bonchev–Trinajstić information content (AvgIpc) is 2.67. The Balaban J connectivity index is 0.00000280. The van der Waals surface area contributed by atoms with Gasteiger partial charge in [-0.25, -0.2) is 8.78 Å². The summed E-state index contributed by atoms with van der Waals surface area (Å²) in [4.78, 5) is 0. The molecule has 3 rings (SSSR count). The van der Waals surface area contributed by atoms with Crippen molar-refractivity contribution in [2.45, 2.75) is 18.9 Å².